The Morgan fingerprint density at radius 1 is 1.16 bits per heavy atom. The molecular weight excluding hydrogens is 262 g/mol. The van der Waals surface area contributed by atoms with Crippen molar-refractivity contribution in [2.45, 2.75) is 6.04 Å². The molecule has 3 N–H and O–H groups in total. The van der Waals surface area contributed by atoms with Gasteiger partial charge in [0.25, 0.3) is 5.91 Å². The van der Waals surface area contributed by atoms with Crippen LogP contribution in [0.2, 0.25) is 0 Å². The van der Waals surface area contributed by atoms with Crippen molar-refractivity contribution in [3.63, 3.8) is 0 Å². The Kier molecular flexibility index (Phi) is 2.72. The molecule has 0 radical (unpaired) electrons. The Bertz CT molecular complexity index is 622. The van der Waals surface area contributed by atoms with Gasteiger partial charge < -0.3 is 11.1 Å². The minimum atomic E-state index is -0.593. The summed E-state index contributed by atoms with van der Waals surface area (Å²) >= 11 is 1.44. The first kappa shape index (κ1) is 11.7. The zero-order valence-corrected chi connectivity index (χ0v) is 10.7. The molecule has 1 aromatic heterocycles. The third-order valence-electron chi connectivity index (χ3n) is 2.92. The van der Waals surface area contributed by atoms with Gasteiger partial charge >= 0.3 is 6.03 Å². The summed E-state index contributed by atoms with van der Waals surface area (Å²) in [6.45, 7) is 0. The first-order valence-corrected chi connectivity index (χ1v) is 6.58. The molecule has 0 aliphatic carbocycles. The maximum atomic E-state index is 12.3. The number of rotatable bonds is 2. The molecule has 0 saturated carbocycles. The molecule has 6 heteroatoms. The molecule has 1 aliphatic heterocycles. The molecule has 2 aromatic rings. The first-order valence-electron chi connectivity index (χ1n) is 5.70. The number of hydrogen-bond donors (Lipinski definition) is 2. The minimum absolute atomic E-state index is 0.266. The van der Waals surface area contributed by atoms with E-state index in [2.05, 4.69) is 5.32 Å². The minimum Gasteiger partial charge on any atom is -0.399 e. The number of nitrogens with zero attached hydrogens (tertiary/aromatic N) is 1. The van der Waals surface area contributed by atoms with E-state index in [4.69, 9.17) is 5.73 Å². The van der Waals surface area contributed by atoms with Crippen LogP contribution in [0.25, 0.3) is 0 Å². The topological polar surface area (TPSA) is 75.4 Å². The number of urea groups is 1. The molecule has 1 atom stereocenters. The van der Waals surface area contributed by atoms with Gasteiger partial charge in [0.2, 0.25) is 0 Å². The fourth-order valence-electron chi connectivity index (χ4n) is 2.00. The number of benzene rings is 1. The van der Waals surface area contributed by atoms with E-state index in [0.717, 1.165) is 9.78 Å². The van der Waals surface area contributed by atoms with Crippen molar-refractivity contribution in [3.8, 4) is 0 Å². The molecule has 1 aromatic carbocycles. The van der Waals surface area contributed by atoms with Gasteiger partial charge in [-0.2, -0.15) is 0 Å². The Hall–Kier alpha value is -2.34. The number of imide groups is 1. The lowest BCUT2D eigenvalue weighted by Crippen LogP contribution is -2.30. The Balaban J connectivity index is 1.93. The second kappa shape index (κ2) is 4.40. The Labute approximate surface area is 113 Å². The first-order chi connectivity index (χ1) is 9.16. The molecule has 3 rings (SSSR count). The van der Waals surface area contributed by atoms with Gasteiger partial charge in [0.1, 0.15) is 6.04 Å². The van der Waals surface area contributed by atoms with Crippen LogP contribution < -0.4 is 16.0 Å². The van der Waals surface area contributed by atoms with E-state index in [0.29, 0.717) is 11.4 Å². The Morgan fingerprint density at radius 3 is 2.53 bits per heavy atom. The van der Waals surface area contributed by atoms with Gasteiger partial charge in [-0.1, -0.05) is 6.07 Å². The van der Waals surface area contributed by atoms with Crippen LogP contribution in [-0.4, -0.2) is 11.9 Å². The molecule has 5 nitrogen and oxygen atoms in total. The van der Waals surface area contributed by atoms with Gasteiger partial charge in [0.05, 0.1) is 5.69 Å². The molecule has 1 fully saturated rings. The lowest BCUT2D eigenvalue weighted by atomic mass is 10.2. The van der Waals surface area contributed by atoms with Gasteiger partial charge in [0, 0.05) is 10.6 Å². The van der Waals surface area contributed by atoms with E-state index in [1.165, 1.54) is 11.3 Å². The van der Waals surface area contributed by atoms with Crippen LogP contribution in [-0.2, 0) is 4.79 Å². The van der Waals surface area contributed by atoms with Gasteiger partial charge in [0.15, 0.2) is 0 Å². The van der Waals surface area contributed by atoms with Gasteiger partial charge in [-0.15, -0.1) is 11.3 Å². The summed E-state index contributed by atoms with van der Waals surface area (Å²) in [6.07, 6.45) is 0. The zero-order chi connectivity index (χ0) is 13.4. The lowest BCUT2D eigenvalue weighted by Gasteiger charge is -2.12. The number of nitrogens with one attached hydrogen (secondary N) is 1. The maximum Gasteiger partial charge on any atom is 0.329 e. The fourth-order valence-corrected chi connectivity index (χ4v) is 2.76. The summed E-state index contributed by atoms with van der Waals surface area (Å²) in [7, 11) is 0. The third kappa shape index (κ3) is 1.96. The van der Waals surface area contributed by atoms with Crippen LogP contribution in [0.3, 0.4) is 0 Å². The lowest BCUT2D eigenvalue weighted by molar-refractivity contribution is -0.118. The van der Waals surface area contributed by atoms with E-state index < -0.39 is 12.1 Å². The number of thiophene rings is 1. The highest BCUT2D eigenvalue weighted by Crippen LogP contribution is 2.29. The van der Waals surface area contributed by atoms with Crippen LogP contribution in [0.4, 0.5) is 16.2 Å². The van der Waals surface area contributed by atoms with E-state index in [1.807, 2.05) is 17.5 Å². The maximum absolute atomic E-state index is 12.3. The van der Waals surface area contributed by atoms with Gasteiger partial charge in [-0.25, -0.2) is 9.69 Å². The number of carbonyl (C=O) groups is 2. The van der Waals surface area contributed by atoms with Crippen molar-refractivity contribution in [3.05, 3.63) is 46.7 Å². The molecule has 1 unspecified atom stereocenters. The molecule has 3 amide bonds. The van der Waals surface area contributed by atoms with Gasteiger partial charge in [-0.3, -0.25) is 4.79 Å². The van der Waals surface area contributed by atoms with Crippen molar-refractivity contribution < 1.29 is 9.59 Å². The van der Waals surface area contributed by atoms with E-state index in [1.54, 1.807) is 24.3 Å². The summed E-state index contributed by atoms with van der Waals surface area (Å²) in [5.74, 6) is -0.266. The number of anilines is 2. The SMILES string of the molecule is Nc1ccc(N2C(=O)NC(c3cccs3)C2=O)cc1. The number of nitrogen functional groups attached to an aromatic ring is 1. The van der Waals surface area contributed by atoms with Crippen LogP contribution in [0.15, 0.2) is 41.8 Å². The molecule has 96 valence electrons. The van der Waals surface area contributed by atoms with E-state index in [9.17, 15) is 9.59 Å². The van der Waals surface area contributed by atoms with Crippen LogP contribution in [0.1, 0.15) is 10.9 Å². The van der Waals surface area contributed by atoms with Crippen molar-refractivity contribution in [2.75, 3.05) is 10.6 Å². The van der Waals surface area contributed by atoms with E-state index in [-0.39, 0.29) is 5.91 Å². The van der Waals surface area contributed by atoms with Gasteiger partial charge in [-0.05, 0) is 35.7 Å². The predicted molar refractivity (Wildman–Crippen MR) is 73.9 cm³/mol. The molecule has 1 aliphatic rings. The Morgan fingerprint density at radius 2 is 1.89 bits per heavy atom. The summed E-state index contributed by atoms with van der Waals surface area (Å²) < 4.78 is 0. The highest BCUT2D eigenvalue weighted by atomic mass is 32.1. The number of hydrogen-bond acceptors (Lipinski definition) is 4. The van der Waals surface area contributed by atoms with Crippen molar-refractivity contribution >= 4 is 34.6 Å². The highest BCUT2D eigenvalue weighted by molar-refractivity contribution is 7.10. The standard InChI is InChI=1S/C13H11N3O2S/c14-8-3-5-9(6-4-8)16-12(17)11(15-13(16)18)10-2-1-7-19-10/h1-7,11H,14H2,(H,15,18). The van der Waals surface area contributed by atoms with Crippen molar-refractivity contribution in [1.29, 1.82) is 0 Å². The zero-order valence-electron chi connectivity index (χ0n) is 9.87. The van der Waals surface area contributed by atoms with Crippen LogP contribution >= 0.6 is 11.3 Å². The molecule has 2 heterocycles. The van der Waals surface area contributed by atoms with Crippen LogP contribution in [0.5, 0.6) is 0 Å². The smallest absolute Gasteiger partial charge is 0.329 e. The second-order valence-electron chi connectivity index (χ2n) is 4.16. The number of nitrogens with two attached hydrogens (primary N) is 1. The molecule has 0 spiro atoms. The second-order valence-corrected chi connectivity index (χ2v) is 5.14. The summed E-state index contributed by atoms with van der Waals surface area (Å²) in [5, 5.41) is 4.56. The van der Waals surface area contributed by atoms with Crippen molar-refractivity contribution in [1.82, 2.24) is 5.32 Å². The normalized spacial score (nSPS) is 18.7. The summed E-state index contributed by atoms with van der Waals surface area (Å²) in [6, 6.07) is 9.32. The quantitative estimate of drug-likeness (QED) is 0.650. The fraction of sp³-hybridized carbons (Fsp3) is 0.0769. The average molecular weight is 273 g/mol. The number of amides is 3. The van der Waals surface area contributed by atoms with E-state index >= 15 is 0 Å². The third-order valence-corrected chi connectivity index (χ3v) is 3.85. The molecule has 19 heavy (non-hydrogen) atoms. The molecular formula is C13H11N3O2S. The van der Waals surface area contributed by atoms with Crippen LogP contribution in [0, 0.1) is 0 Å². The number of carbonyl (C=O) groups excluding carboxylic acids is 2. The average Bonchev–Trinajstić information content (AvgIpc) is 3.00. The molecule has 0 bridgehead atoms. The largest absolute Gasteiger partial charge is 0.399 e. The van der Waals surface area contributed by atoms with Crippen molar-refractivity contribution in [2.24, 2.45) is 0 Å². The molecule has 1 saturated heterocycles. The highest BCUT2D eigenvalue weighted by Gasteiger charge is 2.40. The summed E-state index contributed by atoms with van der Waals surface area (Å²) in [5.41, 5.74) is 6.71. The summed E-state index contributed by atoms with van der Waals surface area (Å²) in [4.78, 5) is 26.2. The predicted octanol–water partition coefficient (Wildman–Crippen LogP) is 2.13. The monoisotopic (exact) mass is 273 g/mol.